The molecule has 3 aromatic rings. The fourth-order valence-electron chi connectivity index (χ4n) is 2.37. The Bertz CT molecular complexity index is 870. The SMILES string of the molecule is Cc1ccccc1Cn1nnc(C#N)c1/C=C/c1ccccc1. The van der Waals surface area contributed by atoms with Gasteiger partial charge in [-0.1, -0.05) is 65.9 Å². The number of aromatic nitrogens is 3. The average molecular weight is 300 g/mol. The molecule has 0 radical (unpaired) electrons. The van der Waals surface area contributed by atoms with E-state index in [-0.39, 0.29) is 0 Å². The maximum atomic E-state index is 9.25. The molecule has 3 rings (SSSR count). The molecule has 0 bridgehead atoms. The average Bonchev–Trinajstić information content (AvgIpc) is 2.98. The van der Waals surface area contributed by atoms with Crippen LogP contribution in [-0.4, -0.2) is 15.0 Å². The third kappa shape index (κ3) is 3.35. The lowest BCUT2D eigenvalue weighted by molar-refractivity contribution is 0.643. The Morgan fingerprint density at radius 3 is 2.52 bits per heavy atom. The van der Waals surface area contributed by atoms with Gasteiger partial charge in [0.05, 0.1) is 12.2 Å². The number of hydrogen-bond acceptors (Lipinski definition) is 3. The van der Waals surface area contributed by atoms with E-state index in [1.165, 1.54) is 5.56 Å². The summed E-state index contributed by atoms with van der Waals surface area (Å²) in [5.74, 6) is 0. The van der Waals surface area contributed by atoms with Gasteiger partial charge in [-0.15, -0.1) is 5.10 Å². The Hall–Kier alpha value is -3.19. The topological polar surface area (TPSA) is 54.5 Å². The van der Waals surface area contributed by atoms with Crippen molar-refractivity contribution in [2.75, 3.05) is 0 Å². The number of nitrogens with zero attached hydrogens (tertiary/aromatic N) is 4. The van der Waals surface area contributed by atoms with Crippen molar-refractivity contribution in [2.45, 2.75) is 13.5 Å². The Morgan fingerprint density at radius 1 is 1.04 bits per heavy atom. The van der Waals surface area contributed by atoms with Crippen LogP contribution in [0.5, 0.6) is 0 Å². The van der Waals surface area contributed by atoms with Crippen LogP contribution < -0.4 is 0 Å². The molecule has 4 heteroatoms. The highest BCUT2D eigenvalue weighted by Crippen LogP contribution is 2.14. The minimum Gasteiger partial charge on any atom is -0.239 e. The summed E-state index contributed by atoms with van der Waals surface area (Å²) in [6.07, 6.45) is 3.86. The third-order valence-electron chi connectivity index (χ3n) is 3.69. The van der Waals surface area contributed by atoms with Gasteiger partial charge in [0.25, 0.3) is 0 Å². The molecule has 23 heavy (non-hydrogen) atoms. The molecular weight excluding hydrogens is 284 g/mol. The predicted molar refractivity (Wildman–Crippen MR) is 90.4 cm³/mol. The predicted octanol–water partition coefficient (Wildman–Crippen LogP) is 3.68. The van der Waals surface area contributed by atoms with Gasteiger partial charge in [-0.05, 0) is 29.7 Å². The maximum absolute atomic E-state index is 9.25. The molecule has 0 aliphatic heterocycles. The van der Waals surface area contributed by atoms with Gasteiger partial charge in [-0.2, -0.15) is 5.26 Å². The van der Waals surface area contributed by atoms with Crippen molar-refractivity contribution in [2.24, 2.45) is 0 Å². The van der Waals surface area contributed by atoms with E-state index in [2.05, 4.69) is 35.4 Å². The van der Waals surface area contributed by atoms with Crippen molar-refractivity contribution in [3.8, 4) is 6.07 Å². The van der Waals surface area contributed by atoms with E-state index < -0.39 is 0 Å². The summed E-state index contributed by atoms with van der Waals surface area (Å²) in [7, 11) is 0. The lowest BCUT2D eigenvalue weighted by atomic mass is 10.1. The van der Waals surface area contributed by atoms with E-state index in [1.54, 1.807) is 4.68 Å². The van der Waals surface area contributed by atoms with Crippen molar-refractivity contribution < 1.29 is 0 Å². The minimum absolute atomic E-state index is 0.339. The van der Waals surface area contributed by atoms with E-state index in [9.17, 15) is 5.26 Å². The number of hydrogen-bond donors (Lipinski definition) is 0. The second-order valence-electron chi connectivity index (χ2n) is 5.26. The number of benzene rings is 2. The van der Waals surface area contributed by atoms with Crippen LogP contribution in [0.1, 0.15) is 28.1 Å². The molecule has 0 amide bonds. The molecule has 0 unspecified atom stereocenters. The fourth-order valence-corrected chi connectivity index (χ4v) is 2.37. The molecule has 0 aliphatic carbocycles. The number of rotatable bonds is 4. The smallest absolute Gasteiger partial charge is 0.190 e. The lowest BCUT2D eigenvalue weighted by Gasteiger charge is -2.06. The summed E-state index contributed by atoms with van der Waals surface area (Å²) in [6, 6.07) is 20.2. The summed E-state index contributed by atoms with van der Waals surface area (Å²) in [6.45, 7) is 2.66. The first-order chi connectivity index (χ1) is 11.3. The van der Waals surface area contributed by atoms with Gasteiger partial charge >= 0.3 is 0 Å². The zero-order valence-electron chi connectivity index (χ0n) is 12.8. The first kappa shape index (κ1) is 14.7. The van der Waals surface area contributed by atoms with Crippen molar-refractivity contribution in [1.29, 1.82) is 5.26 Å². The van der Waals surface area contributed by atoms with E-state index in [1.807, 2.05) is 54.6 Å². The van der Waals surface area contributed by atoms with Crippen LogP contribution in [0, 0.1) is 18.3 Å². The van der Waals surface area contributed by atoms with E-state index in [4.69, 9.17) is 0 Å². The Balaban J connectivity index is 1.94. The summed E-state index contributed by atoms with van der Waals surface area (Å²) < 4.78 is 1.76. The van der Waals surface area contributed by atoms with Crippen LogP contribution in [0.2, 0.25) is 0 Å². The molecule has 0 saturated carbocycles. The lowest BCUT2D eigenvalue weighted by Crippen LogP contribution is -2.05. The Morgan fingerprint density at radius 2 is 1.78 bits per heavy atom. The molecule has 0 atom stereocenters. The van der Waals surface area contributed by atoms with Gasteiger partial charge in [-0.25, -0.2) is 4.68 Å². The first-order valence-corrected chi connectivity index (χ1v) is 7.39. The number of aryl methyl sites for hydroxylation is 1. The Labute approximate surface area is 135 Å². The van der Waals surface area contributed by atoms with Crippen LogP contribution in [0.4, 0.5) is 0 Å². The molecule has 0 saturated heterocycles. The van der Waals surface area contributed by atoms with Gasteiger partial charge in [0, 0.05) is 0 Å². The number of nitriles is 1. The van der Waals surface area contributed by atoms with Crippen LogP contribution >= 0.6 is 0 Å². The summed E-state index contributed by atoms with van der Waals surface area (Å²) in [4.78, 5) is 0. The van der Waals surface area contributed by atoms with E-state index >= 15 is 0 Å². The van der Waals surface area contributed by atoms with Crippen molar-refractivity contribution >= 4 is 12.2 Å². The highest BCUT2D eigenvalue weighted by Gasteiger charge is 2.11. The molecule has 0 aliphatic rings. The normalized spacial score (nSPS) is 10.8. The molecule has 0 fully saturated rings. The van der Waals surface area contributed by atoms with Gasteiger partial charge in [0.1, 0.15) is 6.07 Å². The quantitative estimate of drug-likeness (QED) is 0.738. The third-order valence-corrected chi connectivity index (χ3v) is 3.69. The monoisotopic (exact) mass is 300 g/mol. The molecule has 2 aromatic carbocycles. The Kier molecular flexibility index (Phi) is 4.30. The molecule has 112 valence electrons. The molecule has 4 nitrogen and oxygen atoms in total. The molecule has 1 aromatic heterocycles. The van der Waals surface area contributed by atoms with Crippen molar-refractivity contribution in [1.82, 2.24) is 15.0 Å². The highest BCUT2D eigenvalue weighted by atomic mass is 15.4. The van der Waals surface area contributed by atoms with Crippen LogP contribution in [0.15, 0.2) is 54.6 Å². The molecular formula is C19H16N4. The molecule has 0 N–H and O–H groups in total. The fraction of sp³-hybridized carbons (Fsp3) is 0.105. The van der Waals surface area contributed by atoms with Gasteiger partial charge < -0.3 is 0 Å². The minimum atomic E-state index is 0.339. The summed E-state index contributed by atoms with van der Waals surface area (Å²) >= 11 is 0. The van der Waals surface area contributed by atoms with Gasteiger partial charge in [0.15, 0.2) is 5.69 Å². The molecule has 0 spiro atoms. The standard InChI is InChI=1S/C19H16N4/c1-15-7-5-6-10-17(15)14-23-19(18(13-20)21-22-23)12-11-16-8-3-2-4-9-16/h2-12H,14H2,1H3/b12-11+. The first-order valence-electron chi connectivity index (χ1n) is 7.39. The van der Waals surface area contributed by atoms with Gasteiger partial charge in [-0.3, -0.25) is 0 Å². The van der Waals surface area contributed by atoms with Crippen molar-refractivity contribution in [3.05, 3.63) is 82.7 Å². The van der Waals surface area contributed by atoms with E-state index in [0.29, 0.717) is 12.2 Å². The summed E-state index contributed by atoms with van der Waals surface area (Å²) in [5, 5.41) is 17.4. The summed E-state index contributed by atoms with van der Waals surface area (Å²) in [5.41, 5.74) is 4.49. The molecule has 1 heterocycles. The van der Waals surface area contributed by atoms with E-state index in [0.717, 1.165) is 16.8 Å². The van der Waals surface area contributed by atoms with Crippen LogP contribution in [-0.2, 0) is 6.54 Å². The van der Waals surface area contributed by atoms with Crippen LogP contribution in [0.3, 0.4) is 0 Å². The van der Waals surface area contributed by atoms with Crippen molar-refractivity contribution in [3.63, 3.8) is 0 Å². The second-order valence-corrected chi connectivity index (χ2v) is 5.26. The van der Waals surface area contributed by atoms with Crippen LogP contribution in [0.25, 0.3) is 12.2 Å². The highest BCUT2D eigenvalue weighted by molar-refractivity contribution is 5.70. The zero-order chi connectivity index (χ0) is 16.1. The second kappa shape index (κ2) is 6.71. The maximum Gasteiger partial charge on any atom is 0.190 e. The van der Waals surface area contributed by atoms with Gasteiger partial charge in [0.2, 0.25) is 0 Å². The zero-order valence-corrected chi connectivity index (χ0v) is 12.8. The largest absolute Gasteiger partial charge is 0.239 e.